The van der Waals surface area contributed by atoms with Gasteiger partial charge in [0.25, 0.3) is 5.56 Å². The zero-order chi connectivity index (χ0) is 19.8. The van der Waals surface area contributed by atoms with Crippen LogP contribution in [0.3, 0.4) is 0 Å². The average Bonchev–Trinajstić information content (AvgIpc) is 3.20. The molecule has 0 unspecified atom stereocenters. The lowest BCUT2D eigenvalue weighted by Gasteiger charge is -2.17. The van der Waals surface area contributed by atoms with Crippen molar-refractivity contribution in [3.05, 3.63) is 63.3 Å². The van der Waals surface area contributed by atoms with Crippen LogP contribution in [0, 0.1) is 13.8 Å². The van der Waals surface area contributed by atoms with Gasteiger partial charge in [-0.2, -0.15) is 5.10 Å². The van der Waals surface area contributed by atoms with Crippen LogP contribution in [0.25, 0.3) is 15.7 Å². The van der Waals surface area contributed by atoms with Crippen molar-refractivity contribution in [2.24, 2.45) is 0 Å². The molecule has 4 heterocycles. The lowest BCUT2D eigenvalue weighted by molar-refractivity contribution is -0.130. The number of thiophene rings is 1. The number of carbonyl (C=O) groups excluding carboxylic acids is 1. The maximum absolute atomic E-state index is 12.9. The Balaban J connectivity index is 1.56. The van der Waals surface area contributed by atoms with E-state index in [0.29, 0.717) is 24.3 Å². The molecule has 0 saturated carbocycles. The van der Waals surface area contributed by atoms with Crippen molar-refractivity contribution in [2.45, 2.75) is 26.8 Å². The lowest BCUT2D eigenvalue weighted by atomic mass is 10.2. The van der Waals surface area contributed by atoms with Gasteiger partial charge < -0.3 is 4.90 Å². The van der Waals surface area contributed by atoms with Gasteiger partial charge in [0.05, 0.1) is 10.2 Å². The van der Waals surface area contributed by atoms with Crippen molar-refractivity contribution >= 4 is 33.0 Å². The van der Waals surface area contributed by atoms with Crippen molar-refractivity contribution in [2.75, 3.05) is 13.6 Å². The van der Waals surface area contributed by atoms with Crippen LogP contribution < -0.4 is 5.56 Å². The van der Waals surface area contributed by atoms with Crippen molar-refractivity contribution in [1.29, 1.82) is 0 Å². The molecule has 0 fully saturated rings. The van der Waals surface area contributed by atoms with Crippen molar-refractivity contribution in [3.63, 3.8) is 0 Å². The van der Waals surface area contributed by atoms with E-state index in [-0.39, 0.29) is 18.0 Å². The van der Waals surface area contributed by atoms with Gasteiger partial charge in [-0.15, -0.1) is 11.3 Å². The van der Waals surface area contributed by atoms with Gasteiger partial charge in [0.2, 0.25) is 5.91 Å². The second-order valence-corrected chi connectivity index (χ2v) is 8.16. The van der Waals surface area contributed by atoms with E-state index in [1.807, 2.05) is 42.5 Å². The Morgan fingerprint density at radius 2 is 2.04 bits per heavy atom. The number of aromatic nitrogens is 4. The third-order valence-electron chi connectivity index (χ3n) is 4.80. The number of fused-ring (bicyclic) bond motifs is 3. The summed E-state index contributed by atoms with van der Waals surface area (Å²) in [5.41, 5.74) is 2.22. The van der Waals surface area contributed by atoms with Gasteiger partial charge >= 0.3 is 0 Å². The summed E-state index contributed by atoms with van der Waals surface area (Å²) in [5.74, 6) is 0.532. The molecule has 0 aliphatic carbocycles. The number of likely N-dealkylation sites (N-methyl/N-ethyl adjacent to an activating group) is 1. The van der Waals surface area contributed by atoms with Crippen LogP contribution in [0.15, 0.2) is 41.3 Å². The fourth-order valence-corrected chi connectivity index (χ4v) is 4.27. The standard InChI is InChI=1S/C20H21N5O2S/c1-13-10-16-18(28-13)11-17-20(27)24(22-14(2)25(16)17)12-19(26)23(3)9-7-15-6-4-5-8-21-15/h4-6,8,10-11H,7,9,12H2,1-3H3. The first kappa shape index (κ1) is 18.4. The van der Waals surface area contributed by atoms with Crippen LogP contribution in [0.4, 0.5) is 0 Å². The minimum absolute atomic E-state index is 0.0766. The van der Waals surface area contributed by atoms with Crippen molar-refractivity contribution < 1.29 is 4.79 Å². The Hall–Kier alpha value is -3.00. The Morgan fingerprint density at radius 1 is 1.21 bits per heavy atom. The molecule has 0 atom stereocenters. The summed E-state index contributed by atoms with van der Waals surface area (Å²) < 4.78 is 4.18. The highest BCUT2D eigenvalue weighted by molar-refractivity contribution is 7.19. The number of pyridine rings is 1. The van der Waals surface area contributed by atoms with E-state index < -0.39 is 0 Å². The Morgan fingerprint density at radius 3 is 2.79 bits per heavy atom. The molecule has 0 aromatic carbocycles. The maximum Gasteiger partial charge on any atom is 0.291 e. The Labute approximate surface area is 165 Å². The number of hydrogen-bond donors (Lipinski definition) is 0. The number of rotatable bonds is 5. The molecule has 28 heavy (non-hydrogen) atoms. The fourth-order valence-electron chi connectivity index (χ4n) is 3.33. The zero-order valence-corrected chi connectivity index (χ0v) is 16.9. The van der Waals surface area contributed by atoms with Crippen LogP contribution in [-0.4, -0.2) is 43.6 Å². The number of amides is 1. The second kappa shape index (κ2) is 7.20. The zero-order valence-electron chi connectivity index (χ0n) is 16.0. The van der Waals surface area contributed by atoms with Gasteiger partial charge in [-0.25, -0.2) is 4.68 Å². The summed E-state index contributed by atoms with van der Waals surface area (Å²) in [5, 5.41) is 4.39. The molecule has 4 aromatic heterocycles. The third-order valence-corrected chi connectivity index (χ3v) is 5.78. The molecule has 1 amide bonds. The van der Waals surface area contributed by atoms with Gasteiger partial charge in [0, 0.05) is 36.8 Å². The largest absolute Gasteiger partial charge is 0.344 e. The predicted molar refractivity (Wildman–Crippen MR) is 110 cm³/mol. The normalized spacial score (nSPS) is 11.4. The number of hydrogen-bond acceptors (Lipinski definition) is 5. The SMILES string of the molecule is Cc1cc2c(cc3c(=O)n(CC(=O)N(C)CCc4ccccn4)nc(C)n32)s1. The minimum atomic E-state index is -0.252. The second-order valence-electron chi connectivity index (χ2n) is 6.87. The molecule has 7 nitrogen and oxygen atoms in total. The number of aryl methyl sites for hydroxylation is 2. The summed E-state index contributed by atoms with van der Waals surface area (Å²) >= 11 is 1.65. The predicted octanol–water partition coefficient (Wildman–Crippen LogP) is 2.42. The van der Waals surface area contributed by atoms with Crippen molar-refractivity contribution in [1.82, 2.24) is 24.1 Å². The van der Waals surface area contributed by atoms with Crippen LogP contribution in [0.2, 0.25) is 0 Å². The Kier molecular flexibility index (Phi) is 4.72. The Bertz CT molecular complexity index is 1220. The molecular weight excluding hydrogens is 374 g/mol. The minimum Gasteiger partial charge on any atom is -0.344 e. The lowest BCUT2D eigenvalue weighted by Crippen LogP contribution is -2.37. The number of nitrogens with zero attached hydrogens (tertiary/aromatic N) is 5. The van der Waals surface area contributed by atoms with Gasteiger partial charge in [0.1, 0.15) is 17.9 Å². The van der Waals surface area contributed by atoms with E-state index in [1.165, 1.54) is 9.56 Å². The van der Waals surface area contributed by atoms with E-state index >= 15 is 0 Å². The molecule has 144 valence electrons. The summed E-state index contributed by atoms with van der Waals surface area (Å²) in [6.45, 7) is 4.35. The molecule has 0 aliphatic rings. The van der Waals surface area contributed by atoms with Gasteiger partial charge in [0.15, 0.2) is 0 Å². The first-order valence-corrected chi connectivity index (χ1v) is 9.89. The first-order chi connectivity index (χ1) is 13.4. The first-order valence-electron chi connectivity index (χ1n) is 9.07. The molecule has 0 radical (unpaired) electrons. The molecule has 0 spiro atoms. The summed E-state index contributed by atoms with van der Waals surface area (Å²) in [6, 6.07) is 9.66. The molecule has 0 aliphatic heterocycles. The molecule has 0 bridgehead atoms. The smallest absolute Gasteiger partial charge is 0.291 e. The van der Waals surface area contributed by atoms with E-state index in [2.05, 4.69) is 16.1 Å². The molecule has 8 heteroatoms. The number of carbonyl (C=O) groups is 1. The van der Waals surface area contributed by atoms with Gasteiger partial charge in [-0.05, 0) is 38.1 Å². The third kappa shape index (κ3) is 3.31. The van der Waals surface area contributed by atoms with Gasteiger partial charge in [-0.3, -0.25) is 19.0 Å². The summed E-state index contributed by atoms with van der Waals surface area (Å²) in [6.07, 6.45) is 2.40. The molecule has 0 saturated heterocycles. The van der Waals surface area contributed by atoms with E-state index in [1.54, 1.807) is 29.5 Å². The monoisotopic (exact) mass is 395 g/mol. The highest BCUT2D eigenvalue weighted by Gasteiger charge is 2.17. The van der Waals surface area contributed by atoms with Crippen LogP contribution >= 0.6 is 11.3 Å². The van der Waals surface area contributed by atoms with Crippen molar-refractivity contribution in [3.8, 4) is 0 Å². The highest BCUT2D eigenvalue weighted by atomic mass is 32.1. The van der Waals surface area contributed by atoms with Crippen LogP contribution in [0.5, 0.6) is 0 Å². The van der Waals surface area contributed by atoms with E-state index in [9.17, 15) is 9.59 Å². The maximum atomic E-state index is 12.9. The quantitative estimate of drug-likeness (QED) is 0.520. The molecule has 0 N–H and O–H groups in total. The summed E-state index contributed by atoms with van der Waals surface area (Å²) in [7, 11) is 1.73. The summed E-state index contributed by atoms with van der Waals surface area (Å²) in [4.78, 5) is 32.5. The molecule has 4 rings (SSSR count). The molecular formula is C20H21N5O2S. The van der Waals surface area contributed by atoms with Crippen LogP contribution in [0.1, 0.15) is 16.4 Å². The van der Waals surface area contributed by atoms with E-state index in [4.69, 9.17) is 0 Å². The highest BCUT2D eigenvalue weighted by Crippen LogP contribution is 2.27. The van der Waals surface area contributed by atoms with Crippen LogP contribution in [-0.2, 0) is 17.8 Å². The molecule has 4 aromatic rings. The average molecular weight is 395 g/mol. The fraction of sp³-hybridized carbons (Fsp3) is 0.300. The topological polar surface area (TPSA) is 72.5 Å². The van der Waals surface area contributed by atoms with Gasteiger partial charge in [-0.1, -0.05) is 6.07 Å². The van der Waals surface area contributed by atoms with E-state index in [0.717, 1.165) is 15.9 Å².